The third-order valence-electron chi connectivity index (χ3n) is 5.87. The van der Waals surface area contributed by atoms with Gasteiger partial charge in [0.15, 0.2) is 0 Å². The van der Waals surface area contributed by atoms with Gasteiger partial charge in [-0.2, -0.15) is 16.9 Å². The number of carbonyl (C=O) groups is 2. The van der Waals surface area contributed by atoms with Crippen LogP contribution in [0.2, 0.25) is 0 Å². The zero-order chi connectivity index (χ0) is 20.8. The van der Waals surface area contributed by atoms with Crippen LogP contribution in [0.5, 0.6) is 0 Å². The molecular formula is C22H29N5O2S. The lowest BCUT2D eigenvalue weighted by atomic mass is 9.85. The Morgan fingerprint density at radius 3 is 2.63 bits per heavy atom. The first-order valence-electron chi connectivity index (χ1n) is 10.7. The number of rotatable bonds is 5. The second-order valence-electron chi connectivity index (χ2n) is 7.93. The van der Waals surface area contributed by atoms with Gasteiger partial charge in [-0.15, -0.1) is 0 Å². The van der Waals surface area contributed by atoms with Crippen molar-refractivity contribution in [2.45, 2.75) is 38.3 Å². The molecule has 1 saturated carbocycles. The molecule has 160 valence electrons. The molecule has 8 heteroatoms. The van der Waals surface area contributed by atoms with Crippen molar-refractivity contribution in [1.82, 2.24) is 25.3 Å². The number of hydrogen-bond acceptors (Lipinski definition) is 4. The van der Waals surface area contributed by atoms with Gasteiger partial charge in [0, 0.05) is 55.5 Å². The van der Waals surface area contributed by atoms with Crippen molar-refractivity contribution in [3.8, 4) is 5.69 Å². The summed E-state index contributed by atoms with van der Waals surface area (Å²) in [5.41, 5.74) is 1.99. The lowest BCUT2D eigenvalue weighted by Crippen LogP contribution is -2.46. The summed E-state index contributed by atoms with van der Waals surface area (Å²) in [4.78, 5) is 27.0. The number of carbonyl (C=O) groups excluding carboxylic acids is 2. The van der Waals surface area contributed by atoms with Crippen LogP contribution in [-0.4, -0.2) is 57.3 Å². The summed E-state index contributed by atoms with van der Waals surface area (Å²) in [5.74, 6) is 2.54. The Bertz CT molecular complexity index is 843. The quantitative estimate of drug-likeness (QED) is 0.769. The monoisotopic (exact) mass is 427 g/mol. The summed E-state index contributed by atoms with van der Waals surface area (Å²) in [7, 11) is 0. The summed E-state index contributed by atoms with van der Waals surface area (Å²) < 4.78 is 1.80. The summed E-state index contributed by atoms with van der Waals surface area (Å²) in [6, 6.07) is 9.83. The van der Waals surface area contributed by atoms with E-state index in [0.717, 1.165) is 61.5 Å². The van der Waals surface area contributed by atoms with E-state index >= 15 is 0 Å². The van der Waals surface area contributed by atoms with Crippen molar-refractivity contribution in [3.63, 3.8) is 0 Å². The molecular weight excluding hydrogens is 398 g/mol. The van der Waals surface area contributed by atoms with E-state index in [9.17, 15) is 9.59 Å². The zero-order valence-electron chi connectivity index (χ0n) is 17.1. The second kappa shape index (κ2) is 10.0. The number of urea groups is 1. The van der Waals surface area contributed by atoms with Crippen LogP contribution in [0.3, 0.4) is 0 Å². The fraction of sp³-hybridized carbons (Fsp3) is 0.500. The van der Waals surface area contributed by atoms with Gasteiger partial charge in [-0.25, -0.2) is 9.48 Å². The fourth-order valence-electron chi connectivity index (χ4n) is 4.18. The van der Waals surface area contributed by atoms with E-state index in [1.54, 1.807) is 10.9 Å². The van der Waals surface area contributed by atoms with E-state index in [1.165, 1.54) is 0 Å². The normalized spacial score (nSPS) is 21.8. The van der Waals surface area contributed by atoms with Crippen LogP contribution >= 0.6 is 11.8 Å². The molecule has 3 amide bonds. The van der Waals surface area contributed by atoms with Gasteiger partial charge in [0.2, 0.25) is 5.91 Å². The Morgan fingerprint density at radius 2 is 1.90 bits per heavy atom. The molecule has 0 bridgehead atoms. The highest BCUT2D eigenvalue weighted by Crippen LogP contribution is 2.27. The van der Waals surface area contributed by atoms with Gasteiger partial charge in [0.05, 0.1) is 5.69 Å². The molecule has 2 heterocycles. The molecule has 0 atom stereocenters. The summed E-state index contributed by atoms with van der Waals surface area (Å²) >= 11 is 1.92. The third kappa shape index (κ3) is 5.36. The number of nitrogens with one attached hydrogen (secondary N) is 2. The number of thioether (sulfide) groups is 1. The highest BCUT2D eigenvalue weighted by molar-refractivity contribution is 7.99. The molecule has 4 rings (SSSR count). The molecule has 0 spiro atoms. The maximum Gasteiger partial charge on any atom is 0.315 e. The summed E-state index contributed by atoms with van der Waals surface area (Å²) in [6.45, 7) is 2.22. The largest absolute Gasteiger partial charge is 0.341 e. The van der Waals surface area contributed by atoms with E-state index < -0.39 is 0 Å². The van der Waals surface area contributed by atoms with Crippen molar-refractivity contribution in [3.05, 3.63) is 48.3 Å². The van der Waals surface area contributed by atoms with Crippen LogP contribution in [-0.2, 0) is 11.3 Å². The van der Waals surface area contributed by atoms with Crippen molar-refractivity contribution >= 4 is 23.7 Å². The van der Waals surface area contributed by atoms with Crippen LogP contribution < -0.4 is 10.6 Å². The van der Waals surface area contributed by atoms with Gasteiger partial charge in [0.25, 0.3) is 0 Å². The molecule has 1 saturated heterocycles. The van der Waals surface area contributed by atoms with E-state index in [4.69, 9.17) is 0 Å². The number of nitrogens with zero attached hydrogens (tertiary/aromatic N) is 3. The Kier molecular flexibility index (Phi) is 6.94. The van der Waals surface area contributed by atoms with Gasteiger partial charge in [-0.1, -0.05) is 12.1 Å². The Morgan fingerprint density at radius 1 is 1.10 bits per heavy atom. The molecule has 1 aromatic heterocycles. The first-order chi connectivity index (χ1) is 14.7. The second-order valence-corrected chi connectivity index (χ2v) is 9.16. The molecule has 2 fully saturated rings. The molecule has 1 aliphatic carbocycles. The SMILES string of the molecule is O=C(NCc1cccc(-n2cccn2)c1)NC1CCC(C(=O)N2CCSCC2)CC1. The fourth-order valence-corrected chi connectivity index (χ4v) is 5.08. The Balaban J connectivity index is 1.20. The summed E-state index contributed by atoms with van der Waals surface area (Å²) in [5, 5.41) is 10.3. The molecule has 7 nitrogen and oxygen atoms in total. The minimum absolute atomic E-state index is 0.124. The van der Waals surface area contributed by atoms with Crippen molar-refractivity contribution in [1.29, 1.82) is 0 Å². The van der Waals surface area contributed by atoms with Crippen LogP contribution in [0.1, 0.15) is 31.2 Å². The first-order valence-corrected chi connectivity index (χ1v) is 11.8. The highest BCUT2D eigenvalue weighted by atomic mass is 32.2. The number of amides is 3. The van der Waals surface area contributed by atoms with Gasteiger partial charge in [0.1, 0.15) is 0 Å². The van der Waals surface area contributed by atoms with E-state index in [-0.39, 0.29) is 18.0 Å². The topological polar surface area (TPSA) is 79.3 Å². The van der Waals surface area contributed by atoms with Crippen molar-refractivity contribution in [2.24, 2.45) is 5.92 Å². The molecule has 2 aromatic rings. The van der Waals surface area contributed by atoms with Gasteiger partial charge in [-0.05, 0) is 49.4 Å². The van der Waals surface area contributed by atoms with E-state index in [2.05, 4.69) is 15.7 Å². The van der Waals surface area contributed by atoms with Gasteiger partial charge in [-0.3, -0.25) is 4.79 Å². The van der Waals surface area contributed by atoms with Crippen LogP contribution in [0.4, 0.5) is 4.79 Å². The molecule has 2 N–H and O–H groups in total. The average Bonchev–Trinajstić information content (AvgIpc) is 3.34. The predicted molar refractivity (Wildman–Crippen MR) is 119 cm³/mol. The van der Waals surface area contributed by atoms with Crippen molar-refractivity contribution in [2.75, 3.05) is 24.6 Å². The lowest BCUT2D eigenvalue weighted by molar-refractivity contribution is -0.136. The smallest absolute Gasteiger partial charge is 0.315 e. The van der Waals surface area contributed by atoms with Crippen LogP contribution in [0.15, 0.2) is 42.7 Å². The van der Waals surface area contributed by atoms with E-state index in [0.29, 0.717) is 12.5 Å². The molecule has 1 aliphatic heterocycles. The predicted octanol–water partition coefficient (Wildman–Crippen LogP) is 2.81. The first kappa shape index (κ1) is 20.8. The molecule has 2 aliphatic rings. The van der Waals surface area contributed by atoms with Crippen molar-refractivity contribution < 1.29 is 9.59 Å². The minimum atomic E-state index is -0.151. The number of benzene rings is 1. The van der Waals surface area contributed by atoms with Crippen LogP contribution in [0, 0.1) is 5.92 Å². The molecule has 0 unspecified atom stereocenters. The lowest BCUT2D eigenvalue weighted by Gasteiger charge is -2.34. The molecule has 0 radical (unpaired) electrons. The minimum Gasteiger partial charge on any atom is -0.341 e. The van der Waals surface area contributed by atoms with Gasteiger partial charge < -0.3 is 15.5 Å². The average molecular weight is 428 g/mol. The number of hydrogen-bond donors (Lipinski definition) is 2. The maximum atomic E-state index is 12.7. The van der Waals surface area contributed by atoms with E-state index in [1.807, 2.05) is 53.2 Å². The van der Waals surface area contributed by atoms with Gasteiger partial charge >= 0.3 is 6.03 Å². The molecule has 1 aromatic carbocycles. The highest BCUT2D eigenvalue weighted by Gasteiger charge is 2.30. The van der Waals surface area contributed by atoms with Crippen LogP contribution in [0.25, 0.3) is 5.69 Å². The standard InChI is InChI=1S/C22H29N5O2S/c28-21(26-11-13-30-14-12-26)18-5-7-19(8-6-18)25-22(29)23-16-17-3-1-4-20(15-17)27-10-2-9-24-27/h1-4,9-10,15,18-19H,5-8,11-14,16H2,(H2,23,25,29). The Hall–Kier alpha value is -2.48. The zero-order valence-corrected chi connectivity index (χ0v) is 17.9. The number of aromatic nitrogens is 2. The maximum absolute atomic E-state index is 12.7. The summed E-state index contributed by atoms with van der Waals surface area (Å²) in [6.07, 6.45) is 7.08. The Labute approximate surface area is 181 Å². The molecule has 30 heavy (non-hydrogen) atoms. The third-order valence-corrected chi connectivity index (χ3v) is 6.81.